The predicted molar refractivity (Wildman–Crippen MR) is 66.2 cm³/mol. The summed E-state index contributed by atoms with van der Waals surface area (Å²) in [6, 6.07) is 0. The molecule has 92 valence electrons. The highest BCUT2D eigenvalue weighted by molar-refractivity contribution is 6.46. The van der Waals surface area contributed by atoms with Gasteiger partial charge in [0.25, 0.3) is 0 Å². The van der Waals surface area contributed by atoms with Crippen LogP contribution in [0.15, 0.2) is 0 Å². The molecule has 0 saturated heterocycles. The van der Waals surface area contributed by atoms with Gasteiger partial charge in [0.15, 0.2) is 0 Å². The molecule has 15 heavy (non-hydrogen) atoms. The van der Waals surface area contributed by atoms with Crippen molar-refractivity contribution in [2.75, 3.05) is 27.3 Å². The van der Waals surface area contributed by atoms with E-state index < -0.39 is 9.28 Å². The van der Waals surface area contributed by atoms with Gasteiger partial charge >= 0.3 is 9.28 Å². The van der Waals surface area contributed by atoms with E-state index in [1.165, 1.54) is 0 Å². The fourth-order valence-electron chi connectivity index (χ4n) is 1.63. The Bertz CT molecular complexity index is 135. The Morgan fingerprint density at radius 2 is 1.93 bits per heavy atom. The number of unbranched alkanes of at least 4 members (excludes halogenated alkanes) is 1. The minimum atomic E-state index is -1.52. The second-order valence-electron chi connectivity index (χ2n) is 3.68. The first kappa shape index (κ1) is 15.1. The smallest absolute Gasteiger partial charge is 0.338 e. The Balaban J connectivity index is 3.80. The first-order valence-electron chi connectivity index (χ1n) is 5.79. The van der Waals surface area contributed by atoms with E-state index in [-0.39, 0.29) is 0 Å². The first-order chi connectivity index (χ1) is 7.29. The molecule has 0 aromatic heterocycles. The van der Waals surface area contributed by atoms with E-state index in [1.54, 1.807) is 14.2 Å². The molecule has 0 aliphatic heterocycles. The second kappa shape index (κ2) is 10.6. The number of nitrogens with one attached hydrogen (secondary N) is 1. The molecule has 0 aliphatic carbocycles. The summed E-state index contributed by atoms with van der Waals surface area (Å²) in [6.07, 6.45) is 4.50. The molecular formula is C10H26N2O2Si. The highest BCUT2D eigenvalue weighted by Gasteiger charge is 2.22. The van der Waals surface area contributed by atoms with Crippen LogP contribution >= 0.6 is 0 Å². The summed E-state index contributed by atoms with van der Waals surface area (Å²) in [4.78, 5) is 0. The average Bonchev–Trinajstić information content (AvgIpc) is 2.26. The van der Waals surface area contributed by atoms with Crippen LogP contribution in [0.4, 0.5) is 0 Å². The van der Waals surface area contributed by atoms with Gasteiger partial charge < -0.3 is 19.9 Å². The molecule has 0 heterocycles. The zero-order valence-corrected chi connectivity index (χ0v) is 11.4. The molecule has 3 N–H and O–H groups in total. The molecule has 0 amide bonds. The molecule has 1 unspecified atom stereocenters. The molecule has 5 heteroatoms. The van der Waals surface area contributed by atoms with Crippen molar-refractivity contribution in [1.29, 1.82) is 0 Å². The van der Waals surface area contributed by atoms with E-state index in [1.807, 2.05) is 0 Å². The van der Waals surface area contributed by atoms with Crippen molar-refractivity contribution in [3.8, 4) is 0 Å². The van der Waals surface area contributed by atoms with Gasteiger partial charge in [-0.25, -0.2) is 0 Å². The molecular weight excluding hydrogens is 208 g/mol. The lowest BCUT2D eigenvalue weighted by Crippen LogP contribution is -2.46. The lowest BCUT2D eigenvalue weighted by atomic mass is 10.3. The van der Waals surface area contributed by atoms with Gasteiger partial charge in [0.1, 0.15) is 0 Å². The monoisotopic (exact) mass is 234 g/mol. The molecule has 0 aromatic rings. The van der Waals surface area contributed by atoms with Crippen LogP contribution in [-0.2, 0) is 8.85 Å². The Morgan fingerprint density at radius 3 is 2.40 bits per heavy atom. The topological polar surface area (TPSA) is 56.5 Å². The normalized spacial score (nSPS) is 13.4. The summed E-state index contributed by atoms with van der Waals surface area (Å²) < 4.78 is 10.8. The second-order valence-corrected chi connectivity index (χ2v) is 6.17. The van der Waals surface area contributed by atoms with E-state index in [0.717, 1.165) is 38.8 Å². The van der Waals surface area contributed by atoms with Crippen molar-refractivity contribution in [2.24, 2.45) is 5.73 Å². The van der Waals surface area contributed by atoms with Gasteiger partial charge in [0, 0.05) is 19.9 Å². The van der Waals surface area contributed by atoms with Crippen LogP contribution in [0.3, 0.4) is 0 Å². The van der Waals surface area contributed by atoms with Gasteiger partial charge in [-0.1, -0.05) is 13.3 Å². The molecule has 0 radical (unpaired) electrons. The van der Waals surface area contributed by atoms with Crippen LogP contribution < -0.4 is 11.1 Å². The first-order valence-corrected chi connectivity index (χ1v) is 7.40. The highest BCUT2D eigenvalue weighted by Crippen LogP contribution is 2.03. The van der Waals surface area contributed by atoms with Crippen molar-refractivity contribution in [3.05, 3.63) is 0 Å². The summed E-state index contributed by atoms with van der Waals surface area (Å²) in [5, 5.41) is 3.51. The van der Waals surface area contributed by atoms with E-state index >= 15 is 0 Å². The third kappa shape index (κ3) is 7.02. The lowest BCUT2D eigenvalue weighted by Gasteiger charge is -2.23. The van der Waals surface area contributed by atoms with E-state index in [2.05, 4.69) is 12.2 Å². The number of hydrogen-bond acceptors (Lipinski definition) is 4. The SMILES string of the molecule is CCCC(NCCCCN)[SiH](OC)OC. The lowest BCUT2D eigenvalue weighted by molar-refractivity contribution is 0.255. The largest absolute Gasteiger partial charge is 0.399 e. The molecule has 4 nitrogen and oxygen atoms in total. The minimum absolute atomic E-state index is 0.419. The Hall–Kier alpha value is 0.0569. The van der Waals surface area contributed by atoms with Gasteiger partial charge in [-0.3, -0.25) is 0 Å². The van der Waals surface area contributed by atoms with E-state index in [9.17, 15) is 0 Å². The van der Waals surface area contributed by atoms with Crippen molar-refractivity contribution < 1.29 is 8.85 Å². The zero-order valence-electron chi connectivity index (χ0n) is 10.3. The van der Waals surface area contributed by atoms with Crippen molar-refractivity contribution >= 4 is 9.28 Å². The van der Waals surface area contributed by atoms with Crippen molar-refractivity contribution in [2.45, 2.75) is 38.3 Å². The van der Waals surface area contributed by atoms with Crippen LogP contribution in [0, 0.1) is 0 Å². The predicted octanol–water partition coefficient (Wildman–Crippen LogP) is 0.536. The molecule has 0 aromatic carbocycles. The van der Waals surface area contributed by atoms with Gasteiger partial charge in [-0.05, 0) is 32.4 Å². The standard InChI is InChI=1S/C10H26N2O2Si/c1-4-7-10(15(13-2)14-3)12-9-6-5-8-11/h10,12,15H,4-9,11H2,1-3H3. The van der Waals surface area contributed by atoms with Gasteiger partial charge in [0.2, 0.25) is 0 Å². The molecule has 0 saturated carbocycles. The summed E-state index contributed by atoms with van der Waals surface area (Å²) in [6.45, 7) is 3.97. The van der Waals surface area contributed by atoms with Crippen LogP contribution in [0.1, 0.15) is 32.6 Å². The Morgan fingerprint density at radius 1 is 1.27 bits per heavy atom. The quantitative estimate of drug-likeness (QED) is 0.428. The molecule has 0 fully saturated rings. The molecule has 1 atom stereocenters. The molecule has 0 aliphatic rings. The van der Waals surface area contributed by atoms with Crippen LogP contribution in [0.5, 0.6) is 0 Å². The molecule has 0 bridgehead atoms. The average molecular weight is 234 g/mol. The summed E-state index contributed by atoms with van der Waals surface area (Å²) in [5.74, 6) is 0. The van der Waals surface area contributed by atoms with Gasteiger partial charge in [-0.15, -0.1) is 0 Å². The number of hydrogen-bond donors (Lipinski definition) is 2. The van der Waals surface area contributed by atoms with Crippen LogP contribution in [0.25, 0.3) is 0 Å². The van der Waals surface area contributed by atoms with E-state index in [0.29, 0.717) is 5.67 Å². The van der Waals surface area contributed by atoms with Crippen molar-refractivity contribution in [3.63, 3.8) is 0 Å². The van der Waals surface area contributed by atoms with Gasteiger partial charge in [-0.2, -0.15) is 0 Å². The highest BCUT2D eigenvalue weighted by atomic mass is 28.3. The number of rotatable bonds is 10. The molecule has 0 rings (SSSR count). The summed E-state index contributed by atoms with van der Waals surface area (Å²) in [5.41, 5.74) is 5.87. The zero-order chi connectivity index (χ0) is 11.5. The minimum Gasteiger partial charge on any atom is -0.399 e. The van der Waals surface area contributed by atoms with Crippen LogP contribution in [-0.4, -0.2) is 42.3 Å². The summed E-state index contributed by atoms with van der Waals surface area (Å²) >= 11 is 0. The number of nitrogens with two attached hydrogens (primary N) is 1. The van der Waals surface area contributed by atoms with Crippen molar-refractivity contribution in [1.82, 2.24) is 5.32 Å². The molecule has 0 spiro atoms. The Kier molecular flexibility index (Phi) is 10.6. The maximum atomic E-state index is 5.45. The third-order valence-electron chi connectivity index (χ3n) is 2.43. The Labute approximate surface area is 95.4 Å². The van der Waals surface area contributed by atoms with Crippen LogP contribution in [0.2, 0.25) is 0 Å². The maximum Gasteiger partial charge on any atom is 0.338 e. The fraction of sp³-hybridized carbons (Fsp3) is 1.00. The third-order valence-corrected chi connectivity index (χ3v) is 4.59. The van der Waals surface area contributed by atoms with Gasteiger partial charge in [0.05, 0.1) is 0 Å². The maximum absolute atomic E-state index is 5.45. The fourth-order valence-corrected chi connectivity index (χ4v) is 3.44. The van der Waals surface area contributed by atoms with E-state index in [4.69, 9.17) is 14.6 Å². The summed E-state index contributed by atoms with van der Waals surface area (Å²) in [7, 11) is 1.96.